The number of rotatable bonds is 5. The van der Waals surface area contributed by atoms with E-state index < -0.39 is 6.17 Å². The van der Waals surface area contributed by atoms with E-state index in [1.807, 2.05) is 48.5 Å². The van der Waals surface area contributed by atoms with Crippen molar-refractivity contribution >= 4 is 46.2 Å². The molecule has 154 valence electrons. The number of aromatic nitrogens is 1. The molecule has 4 nitrogen and oxygen atoms in total. The zero-order valence-electron chi connectivity index (χ0n) is 16.6. The van der Waals surface area contributed by atoms with Crippen LogP contribution in [0.3, 0.4) is 0 Å². The highest BCUT2D eigenvalue weighted by Gasteiger charge is 2.32. The molecule has 6 heteroatoms. The molecule has 1 aliphatic heterocycles. The summed E-state index contributed by atoms with van der Waals surface area (Å²) in [4.78, 5) is 26.6. The van der Waals surface area contributed by atoms with Gasteiger partial charge in [-0.1, -0.05) is 72.3 Å². The second-order valence-corrected chi connectivity index (χ2v) is 8.84. The molecule has 1 amide bonds. The molecule has 0 unspecified atom stereocenters. The van der Waals surface area contributed by atoms with Crippen molar-refractivity contribution in [1.82, 2.24) is 4.57 Å². The summed E-state index contributed by atoms with van der Waals surface area (Å²) in [6.07, 6.45) is 0.946. The minimum atomic E-state index is -0.406. The molecule has 2 heterocycles. The Morgan fingerprint density at radius 3 is 2.55 bits per heavy atom. The Labute approximate surface area is 189 Å². The predicted octanol–water partition coefficient (Wildman–Crippen LogP) is 5.51. The summed E-state index contributed by atoms with van der Waals surface area (Å²) in [5.41, 5.74) is 2.54. The second kappa shape index (κ2) is 8.25. The number of hydrogen-bond acceptors (Lipinski definition) is 3. The summed E-state index contributed by atoms with van der Waals surface area (Å²) in [5, 5.41) is 3.62. The van der Waals surface area contributed by atoms with Gasteiger partial charge in [0, 0.05) is 17.5 Å². The first-order chi connectivity index (χ1) is 15.2. The number of pyridine rings is 1. The number of anilines is 1. The molecule has 1 atom stereocenters. The standard InChI is InChI=1S/C25H19ClN2O2S/c26-24-19(13-18-9-6-8-17-7-4-5-12-21(17)18)14-23(30)28-22(15-31-25(24)28)27(16-29)20-10-2-1-3-11-20/h1-12,14,16,22H,13,15H2/t22-/m1/s1. The highest BCUT2D eigenvalue weighted by molar-refractivity contribution is 7.99. The Bertz CT molecular complexity index is 1330. The molecule has 4 aromatic rings. The van der Waals surface area contributed by atoms with Crippen molar-refractivity contribution in [3.05, 3.63) is 105 Å². The molecule has 0 spiro atoms. The van der Waals surface area contributed by atoms with E-state index in [0.717, 1.165) is 39.0 Å². The molecule has 0 N–H and O–H groups in total. The SMILES string of the molecule is O=CN(c1ccccc1)[C@H]1CSc2c(Cl)c(Cc3cccc4ccccc34)cc(=O)n21. The van der Waals surface area contributed by atoms with Gasteiger partial charge in [-0.15, -0.1) is 11.8 Å². The monoisotopic (exact) mass is 446 g/mol. The molecule has 1 aliphatic rings. The molecule has 31 heavy (non-hydrogen) atoms. The summed E-state index contributed by atoms with van der Waals surface area (Å²) in [5.74, 6) is 0.570. The fourth-order valence-electron chi connectivity index (χ4n) is 4.16. The third-order valence-corrected chi connectivity index (χ3v) is 7.31. The Kier molecular flexibility index (Phi) is 5.30. The zero-order valence-corrected chi connectivity index (χ0v) is 18.1. The van der Waals surface area contributed by atoms with E-state index in [-0.39, 0.29) is 5.56 Å². The maximum absolute atomic E-state index is 13.1. The van der Waals surface area contributed by atoms with Crippen molar-refractivity contribution in [1.29, 1.82) is 0 Å². The van der Waals surface area contributed by atoms with Crippen LogP contribution in [-0.2, 0) is 11.2 Å². The Morgan fingerprint density at radius 2 is 1.74 bits per heavy atom. The van der Waals surface area contributed by atoms with E-state index in [1.165, 1.54) is 11.8 Å². The van der Waals surface area contributed by atoms with Gasteiger partial charge in [0.25, 0.3) is 5.56 Å². The molecule has 5 rings (SSSR count). The van der Waals surface area contributed by atoms with Gasteiger partial charge in [0.15, 0.2) is 0 Å². The van der Waals surface area contributed by atoms with E-state index in [9.17, 15) is 9.59 Å². The Balaban J connectivity index is 1.55. The number of benzene rings is 3. The molecule has 1 aromatic heterocycles. The van der Waals surface area contributed by atoms with Gasteiger partial charge in [-0.05, 0) is 40.5 Å². The van der Waals surface area contributed by atoms with Gasteiger partial charge in [-0.25, -0.2) is 0 Å². The van der Waals surface area contributed by atoms with Crippen LogP contribution in [0.2, 0.25) is 5.02 Å². The average Bonchev–Trinajstić information content (AvgIpc) is 3.24. The molecule has 0 fully saturated rings. The van der Waals surface area contributed by atoms with Gasteiger partial charge in [0.05, 0.1) is 10.0 Å². The number of nitrogens with zero attached hydrogens (tertiary/aromatic N) is 2. The number of para-hydroxylation sites is 1. The highest BCUT2D eigenvalue weighted by Crippen LogP contribution is 2.41. The lowest BCUT2D eigenvalue weighted by atomic mass is 9.99. The number of carbonyl (C=O) groups excluding carboxylic acids is 1. The topological polar surface area (TPSA) is 42.3 Å². The van der Waals surface area contributed by atoms with E-state index in [4.69, 9.17) is 11.6 Å². The molecule has 0 radical (unpaired) electrons. The third-order valence-electron chi connectivity index (χ3n) is 5.64. The fraction of sp³-hybridized carbons (Fsp3) is 0.120. The van der Waals surface area contributed by atoms with Crippen molar-refractivity contribution < 1.29 is 4.79 Å². The van der Waals surface area contributed by atoms with Crippen molar-refractivity contribution in [2.75, 3.05) is 10.7 Å². The van der Waals surface area contributed by atoms with Crippen LogP contribution >= 0.6 is 23.4 Å². The van der Waals surface area contributed by atoms with Gasteiger partial charge in [-0.2, -0.15) is 0 Å². The largest absolute Gasteiger partial charge is 0.293 e. The quantitative estimate of drug-likeness (QED) is 0.379. The maximum Gasteiger partial charge on any atom is 0.253 e. The van der Waals surface area contributed by atoms with Crippen LogP contribution in [0.4, 0.5) is 5.69 Å². The van der Waals surface area contributed by atoms with Crippen molar-refractivity contribution in [3.63, 3.8) is 0 Å². The van der Waals surface area contributed by atoms with Crippen LogP contribution in [0.15, 0.2) is 88.7 Å². The minimum absolute atomic E-state index is 0.146. The van der Waals surface area contributed by atoms with Crippen molar-refractivity contribution in [2.24, 2.45) is 0 Å². The number of carbonyl (C=O) groups is 1. The van der Waals surface area contributed by atoms with Gasteiger partial charge < -0.3 is 0 Å². The van der Waals surface area contributed by atoms with E-state index in [2.05, 4.69) is 24.3 Å². The minimum Gasteiger partial charge on any atom is -0.293 e. The zero-order chi connectivity index (χ0) is 21.4. The van der Waals surface area contributed by atoms with E-state index >= 15 is 0 Å². The number of thioether (sulfide) groups is 1. The first-order valence-corrected chi connectivity index (χ1v) is 11.4. The van der Waals surface area contributed by atoms with Gasteiger partial charge in [0.1, 0.15) is 6.17 Å². The van der Waals surface area contributed by atoms with Crippen LogP contribution in [-0.4, -0.2) is 16.7 Å². The van der Waals surface area contributed by atoms with Crippen LogP contribution in [0.5, 0.6) is 0 Å². The number of halogens is 1. The lowest BCUT2D eigenvalue weighted by molar-refractivity contribution is -0.108. The van der Waals surface area contributed by atoms with E-state index in [1.54, 1.807) is 15.5 Å². The van der Waals surface area contributed by atoms with Gasteiger partial charge in [0.2, 0.25) is 6.41 Å². The number of amides is 1. The van der Waals surface area contributed by atoms with Crippen LogP contribution < -0.4 is 10.5 Å². The highest BCUT2D eigenvalue weighted by atomic mass is 35.5. The van der Waals surface area contributed by atoms with Crippen LogP contribution in [0.25, 0.3) is 10.8 Å². The predicted molar refractivity (Wildman–Crippen MR) is 127 cm³/mol. The van der Waals surface area contributed by atoms with Crippen molar-refractivity contribution in [3.8, 4) is 0 Å². The normalized spacial score (nSPS) is 15.1. The third kappa shape index (κ3) is 3.54. The smallest absolute Gasteiger partial charge is 0.253 e. The molecule has 3 aromatic carbocycles. The van der Waals surface area contributed by atoms with Gasteiger partial charge in [-0.3, -0.25) is 19.1 Å². The van der Waals surface area contributed by atoms with Crippen molar-refractivity contribution in [2.45, 2.75) is 17.6 Å². The summed E-state index contributed by atoms with van der Waals surface area (Å²) in [7, 11) is 0. The molecular weight excluding hydrogens is 428 g/mol. The molecular formula is C25H19ClN2O2S. The number of hydrogen-bond donors (Lipinski definition) is 0. The first kappa shape index (κ1) is 19.9. The van der Waals surface area contributed by atoms with Gasteiger partial charge >= 0.3 is 0 Å². The molecule has 0 aliphatic carbocycles. The lowest BCUT2D eigenvalue weighted by Crippen LogP contribution is -2.36. The first-order valence-electron chi connectivity index (χ1n) is 9.99. The molecule has 0 bridgehead atoms. The maximum atomic E-state index is 13.1. The average molecular weight is 447 g/mol. The Morgan fingerprint density at radius 1 is 1.00 bits per heavy atom. The number of fused-ring (bicyclic) bond motifs is 2. The summed E-state index contributed by atoms with van der Waals surface area (Å²) in [6.45, 7) is 0. The summed E-state index contributed by atoms with van der Waals surface area (Å²) in [6, 6.07) is 25.4. The molecule has 0 saturated carbocycles. The summed E-state index contributed by atoms with van der Waals surface area (Å²) >= 11 is 8.31. The Hall–Kier alpha value is -3.02. The van der Waals surface area contributed by atoms with E-state index in [0.29, 0.717) is 17.2 Å². The fourth-order valence-corrected chi connectivity index (χ4v) is 5.76. The second-order valence-electron chi connectivity index (χ2n) is 7.45. The van der Waals surface area contributed by atoms with Crippen LogP contribution in [0.1, 0.15) is 17.3 Å². The molecule has 0 saturated heterocycles. The summed E-state index contributed by atoms with van der Waals surface area (Å²) < 4.78 is 1.64. The van der Waals surface area contributed by atoms with Crippen LogP contribution in [0, 0.1) is 0 Å². The lowest BCUT2D eigenvalue weighted by Gasteiger charge is -2.26.